The van der Waals surface area contributed by atoms with Gasteiger partial charge in [0.05, 0.1) is 11.2 Å². The van der Waals surface area contributed by atoms with Crippen LogP contribution in [0.3, 0.4) is 0 Å². The van der Waals surface area contributed by atoms with Crippen LogP contribution in [0.5, 0.6) is 0 Å². The molecule has 0 atom stereocenters. The zero-order chi connectivity index (χ0) is 18.7. The molecule has 2 aromatic heterocycles. The molecule has 3 rings (SSSR count). The summed E-state index contributed by atoms with van der Waals surface area (Å²) in [6, 6.07) is 7.38. The maximum atomic E-state index is 12.4. The van der Waals surface area contributed by atoms with Crippen LogP contribution in [0.2, 0.25) is 0 Å². The average molecular weight is 370 g/mol. The normalized spacial score (nSPS) is 10.8. The predicted octanol–water partition coefficient (Wildman–Crippen LogP) is 2.29. The molecule has 0 bridgehead atoms. The van der Waals surface area contributed by atoms with E-state index < -0.39 is 0 Å². The molecule has 136 valence electrons. The summed E-state index contributed by atoms with van der Waals surface area (Å²) in [6.07, 6.45) is 0.788. The number of hydrogen-bond acceptors (Lipinski definition) is 6. The number of anilines is 1. The van der Waals surface area contributed by atoms with Crippen molar-refractivity contribution in [2.24, 2.45) is 7.05 Å². The Morgan fingerprint density at radius 1 is 1.35 bits per heavy atom. The summed E-state index contributed by atoms with van der Waals surface area (Å²) in [4.78, 5) is 24.3. The Balaban J connectivity index is 1.69. The van der Waals surface area contributed by atoms with E-state index in [2.05, 4.69) is 20.4 Å². The minimum atomic E-state index is -0.0993. The highest BCUT2D eigenvalue weighted by Crippen LogP contribution is 2.20. The molecule has 0 spiro atoms. The second kappa shape index (κ2) is 7.65. The highest BCUT2D eigenvalue weighted by molar-refractivity contribution is 7.09. The molecule has 26 heavy (non-hydrogen) atoms. The molecule has 0 aliphatic carbocycles. The number of thiazole rings is 1. The number of carbonyl (C=O) groups is 1. The van der Waals surface area contributed by atoms with Crippen molar-refractivity contribution in [2.45, 2.75) is 13.3 Å². The summed E-state index contributed by atoms with van der Waals surface area (Å²) in [5, 5.41) is 7.40. The molecule has 0 aliphatic rings. The molecule has 7 nitrogen and oxygen atoms in total. The maximum Gasteiger partial charge on any atom is 0.251 e. The summed E-state index contributed by atoms with van der Waals surface area (Å²) in [5.41, 5.74) is 4.28. The molecule has 0 aliphatic heterocycles. The average Bonchev–Trinajstić information content (AvgIpc) is 3.21. The van der Waals surface area contributed by atoms with Gasteiger partial charge < -0.3 is 10.2 Å². The van der Waals surface area contributed by atoms with E-state index in [-0.39, 0.29) is 5.91 Å². The maximum absolute atomic E-state index is 12.4. The number of carbonyl (C=O) groups excluding carboxylic acids is 1. The van der Waals surface area contributed by atoms with Crippen molar-refractivity contribution in [1.29, 1.82) is 0 Å². The Labute approximate surface area is 156 Å². The number of nitrogens with one attached hydrogen (secondary N) is 1. The number of benzene rings is 1. The van der Waals surface area contributed by atoms with Crippen LogP contribution in [0.4, 0.5) is 5.95 Å². The number of amides is 1. The number of aryl methyl sites for hydroxylation is 2. The van der Waals surface area contributed by atoms with Crippen molar-refractivity contribution in [3.63, 3.8) is 0 Å². The van der Waals surface area contributed by atoms with Gasteiger partial charge in [-0.15, -0.1) is 16.4 Å². The van der Waals surface area contributed by atoms with Crippen LogP contribution >= 0.6 is 11.3 Å². The van der Waals surface area contributed by atoms with Gasteiger partial charge in [-0.2, -0.15) is 4.98 Å². The Morgan fingerprint density at radius 2 is 2.15 bits per heavy atom. The van der Waals surface area contributed by atoms with Crippen LogP contribution in [-0.4, -0.2) is 46.3 Å². The molecule has 0 unspecified atom stereocenters. The number of rotatable bonds is 6. The quantitative estimate of drug-likeness (QED) is 0.720. The fourth-order valence-electron chi connectivity index (χ4n) is 2.65. The van der Waals surface area contributed by atoms with E-state index >= 15 is 0 Å². The van der Waals surface area contributed by atoms with Crippen LogP contribution in [-0.2, 0) is 13.5 Å². The SMILES string of the molecule is Cc1ncsc1CCNC(=O)c1cccc(-c2nc(N(C)C)n(C)n2)c1. The minimum absolute atomic E-state index is 0.0993. The Bertz CT molecular complexity index is 914. The van der Waals surface area contributed by atoms with E-state index in [9.17, 15) is 4.79 Å². The van der Waals surface area contributed by atoms with Gasteiger partial charge in [-0.25, -0.2) is 9.67 Å². The Morgan fingerprint density at radius 3 is 2.81 bits per heavy atom. The lowest BCUT2D eigenvalue weighted by Gasteiger charge is -2.08. The van der Waals surface area contributed by atoms with Crippen LogP contribution in [0.25, 0.3) is 11.4 Å². The largest absolute Gasteiger partial charge is 0.352 e. The molecule has 0 saturated heterocycles. The minimum Gasteiger partial charge on any atom is -0.352 e. The highest BCUT2D eigenvalue weighted by atomic mass is 32.1. The third-order valence-corrected chi connectivity index (χ3v) is 5.00. The molecule has 3 aromatic rings. The van der Waals surface area contributed by atoms with Crippen LogP contribution < -0.4 is 10.2 Å². The first-order chi connectivity index (χ1) is 12.5. The fourth-order valence-corrected chi connectivity index (χ4v) is 3.43. The first-order valence-electron chi connectivity index (χ1n) is 8.31. The van der Waals surface area contributed by atoms with E-state index in [0.29, 0.717) is 17.9 Å². The van der Waals surface area contributed by atoms with Crippen molar-refractivity contribution in [3.05, 3.63) is 45.9 Å². The lowest BCUT2D eigenvalue weighted by molar-refractivity contribution is 0.0954. The molecule has 1 aromatic carbocycles. The van der Waals surface area contributed by atoms with Gasteiger partial charge in [0.2, 0.25) is 5.95 Å². The van der Waals surface area contributed by atoms with Crippen LogP contribution in [0.15, 0.2) is 29.8 Å². The van der Waals surface area contributed by atoms with Gasteiger partial charge in [-0.05, 0) is 19.1 Å². The number of nitrogens with zero attached hydrogens (tertiary/aromatic N) is 5. The summed E-state index contributed by atoms with van der Waals surface area (Å²) >= 11 is 1.62. The van der Waals surface area contributed by atoms with E-state index in [4.69, 9.17) is 0 Å². The lowest BCUT2D eigenvalue weighted by Crippen LogP contribution is -2.25. The summed E-state index contributed by atoms with van der Waals surface area (Å²) in [5.74, 6) is 1.26. The predicted molar refractivity (Wildman–Crippen MR) is 104 cm³/mol. The fraction of sp³-hybridized carbons (Fsp3) is 0.333. The molecule has 2 heterocycles. The van der Waals surface area contributed by atoms with Gasteiger partial charge in [-0.1, -0.05) is 12.1 Å². The topological polar surface area (TPSA) is 75.9 Å². The van der Waals surface area contributed by atoms with Gasteiger partial charge in [0.1, 0.15) is 0 Å². The molecule has 0 saturated carbocycles. The van der Waals surface area contributed by atoms with E-state index in [0.717, 1.165) is 23.6 Å². The van der Waals surface area contributed by atoms with Crippen molar-refractivity contribution < 1.29 is 4.79 Å². The first-order valence-corrected chi connectivity index (χ1v) is 9.19. The van der Waals surface area contributed by atoms with Gasteiger partial charge in [0.25, 0.3) is 5.91 Å². The van der Waals surface area contributed by atoms with Gasteiger partial charge in [0, 0.05) is 50.1 Å². The first kappa shape index (κ1) is 18.1. The monoisotopic (exact) mass is 370 g/mol. The zero-order valence-electron chi connectivity index (χ0n) is 15.4. The van der Waals surface area contributed by atoms with Gasteiger partial charge in [0.15, 0.2) is 5.82 Å². The van der Waals surface area contributed by atoms with Crippen LogP contribution in [0, 0.1) is 6.92 Å². The van der Waals surface area contributed by atoms with E-state index in [1.165, 1.54) is 4.88 Å². The van der Waals surface area contributed by atoms with Gasteiger partial charge in [-0.3, -0.25) is 4.79 Å². The van der Waals surface area contributed by atoms with Gasteiger partial charge >= 0.3 is 0 Å². The van der Waals surface area contributed by atoms with E-state index in [1.54, 1.807) is 22.1 Å². The zero-order valence-corrected chi connectivity index (χ0v) is 16.2. The molecule has 1 N–H and O–H groups in total. The number of hydrogen-bond donors (Lipinski definition) is 1. The van der Waals surface area contributed by atoms with E-state index in [1.807, 2.05) is 56.7 Å². The lowest BCUT2D eigenvalue weighted by atomic mass is 10.1. The molecular weight excluding hydrogens is 348 g/mol. The molecule has 0 radical (unpaired) electrons. The molecular formula is C18H22N6OS. The van der Waals surface area contributed by atoms with Crippen molar-refractivity contribution in [3.8, 4) is 11.4 Å². The summed E-state index contributed by atoms with van der Waals surface area (Å²) < 4.78 is 1.72. The second-order valence-electron chi connectivity index (χ2n) is 6.20. The smallest absolute Gasteiger partial charge is 0.251 e. The Kier molecular flexibility index (Phi) is 5.32. The third kappa shape index (κ3) is 3.91. The van der Waals surface area contributed by atoms with Crippen LogP contribution in [0.1, 0.15) is 20.9 Å². The summed E-state index contributed by atoms with van der Waals surface area (Å²) in [6.45, 7) is 2.57. The Hall–Kier alpha value is -2.74. The number of aromatic nitrogens is 4. The van der Waals surface area contributed by atoms with Crippen molar-refractivity contribution >= 4 is 23.2 Å². The molecule has 1 amide bonds. The van der Waals surface area contributed by atoms with Crippen molar-refractivity contribution in [1.82, 2.24) is 25.1 Å². The van der Waals surface area contributed by atoms with Crippen molar-refractivity contribution in [2.75, 3.05) is 25.5 Å². The standard InChI is InChI=1S/C18H22N6OS/c1-12-15(26-11-20-12)8-9-19-17(25)14-7-5-6-13(10-14)16-21-18(23(2)3)24(4)22-16/h5-7,10-11H,8-9H2,1-4H3,(H,19,25). The molecule has 0 fully saturated rings. The molecule has 8 heteroatoms. The summed E-state index contributed by atoms with van der Waals surface area (Å²) in [7, 11) is 5.69. The highest BCUT2D eigenvalue weighted by Gasteiger charge is 2.13. The third-order valence-electron chi connectivity index (χ3n) is 4.01. The second-order valence-corrected chi connectivity index (χ2v) is 7.14.